The zero-order valence-corrected chi connectivity index (χ0v) is 9.12. The van der Waals surface area contributed by atoms with Crippen molar-refractivity contribution in [2.45, 2.75) is 6.54 Å². The Kier molecular flexibility index (Phi) is 2.82. The lowest BCUT2D eigenvalue weighted by Gasteiger charge is -2.03. The van der Waals surface area contributed by atoms with E-state index in [9.17, 15) is 4.79 Å². The molecule has 2 aromatic heterocycles. The first-order chi connectivity index (χ1) is 7.27. The Morgan fingerprint density at radius 2 is 2.47 bits per heavy atom. The fourth-order valence-electron chi connectivity index (χ4n) is 1.20. The van der Waals surface area contributed by atoms with Crippen LogP contribution in [0.1, 0.15) is 4.88 Å². The quantitative estimate of drug-likeness (QED) is 0.853. The second-order valence-electron chi connectivity index (χ2n) is 3.12. The number of nitrogens with one attached hydrogen (secondary N) is 1. The van der Waals surface area contributed by atoms with Crippen LogP contribution < -0.4 is 10.9 Å². The summed E-state index contributed by atoms with van der Waals surface area (Å²) in [6.07, 6.45) is 3.25. The predicted octanol–water partition coefficient (Wildman–Crippen LogP) is 1.45. The molecule has 2 aromatic rings. The molecular weight excluding hydrogens is 210 g/mol. The normalized spacial score (nSPS) is 10.2. The summed E-state index contributed by atoms with van der Waals surface area (Å²) in [7, 11) is 1.71. The van der Waals surface area contributed by atoms with Crippen LogP contribution in [0.15, 0.2) is 34.7 Å². The van der Waals surface area contributed by atoms with E-state index in [2.05, 4.69) is 10.3 Å². The molecule has 15 heavy (non-hydrogen) atoms. The van der Waals surface area contributed by atoms with E-state index < -0.39 is 0 Å². The zero-order chi connectivity index (χ0) is 10.7. The largest absolute Gasteiger partial charge is 0.361 e. The van der Waals surface area contributed by atoms with Gasteiger partial charge >= 0.3 is 0 Å². The van der Waals surface area contributed by atoms with Crippen molar-refractivity contribution in [1.29, 1.82) is 0 Å². The molecule has 0 aliphatic rings. The molecule has 0 saturated heterocycles. The number of anilines is 1. The molecule has 0 amide bonds. The van der Waals surface area contributed by atoms with Crippen LogP contribution >= 0.6 is 11.3 Å². The standard InChI is InChI=1S/C10H11N3OS/c1-13-5-4-11-9(10(13)14)12-7-8-3-2-6-15-8/h2-6H,7H2,1H3,(H,11,12). The molecule has 0 aliphatic heterocycles. The number of thiophene rings is 1. The highest BCUT2D eigenvalue weighted by Crippen LogP contribution is 2.09. The number of aromatic nitrogens is 2. The molecule has 2 heterocycles. The summed E-state index contributed by atoms with van der Waals surface area (Å²) in [6, 6.07) is 4.00. The molecule has 1 N–H and O–H groups in total. The Balaban J connectivity index is 2.12. The molecule has 0 aliphatic carbocycles. The van der Waals surface area contributed by atoms with Crippen LogP contribution in [-0.4, -0.2) is 9.55 Å². The maximum atomic E-state index is 11.6. The Labute approximate surface area is 91.2 Å². The topological polar surface area (TPSA) is 46.9 Å². The Hall–Kier alpha value is -1.62. The van der Waals surface area contributed by atoms with Gasteiger partial charge in [0, 0.05) is 24.3 Å². The van der Waals surface area contributed by atoms with E-state index in [1.165, 1.54) is 9.44 Å². The van der Waals surface area contributed by atoms with E-state index in [0.717, 1.165) is 0 Å². The minimum atomic E-state index is -0.103. The lowest BCUT2D eigenvalue weighted by Crippen LogP contribution is -2.21. The molecule has 0 spiro atoms. The third-order valence-electron chi connectivity index (χ3n) is 2.03. The van der Waals surface area contributed by atoms with E-state index in [-0.39, 0.29) is 5.56 Å². The predicted molar refractivity (Wildman–Crippen MR) is 61.1 cm³/mol. The highest BCUT2D eigenvalue weighted by molar-refractivity contribution is 7.09. The zero-order valence-electron chi connectivity index (χ0n) is 8.30. The molecule has 0 aromatic carbocycles. The fourth-order valence-corrected chi connectivity index (χ4v) is 1.85. The molecular formula is C10H11N3OS. The van der Waals surface area contributed by atoms with Gasteiger partial charge in [-0.1, -0.05) is 6.07 Å². The van der Waals surface area contributed by atoms with E-state index in [1.807, 2.05) is 17.5 Å². The van der Waals surface area contributed by atoms with E-state index >= 15 is 0 Å². The van der Waals surface area contributed by atoms with Crippen molar-refractivity contribution >= 4 is 17.2 Å². The van der Waals surface area contributed by atoms with Crippen LogP contribution in [0.2, 0.25) is 0 Å². The lowest BCUT2D eigenvalue weighted by molar-refractivity contribution is 0.840. The van der Waals surface area contributed by atoms with Crippen LogP contribution in [0.25, 0.3) is 0 Å². The summed E-state index contributed by atoms with van der Waals surface area (Å²) in [6.45, 7) is 0.643. The monoisotopic (exact) mass is 221 g/mol. The first-order valence-electron chi connectivity index (χ1n) is 4.55. The average Bonchev–Trinajstić information content (AvgIpc) is 2.73. The van der Waals surface area contributed by atoms with Gasteiger partial charge in [-0.3, -0.25) is 4.79 Å². The van der Waals surface area contributed by atoms with Crippen molar-refractivity contribution in [3.8, 4) is 0 Å². The summed E-state index contributed by atoms with van der Waals surface area (Å²) < 4.78 is 1.50. The van der Waals surface area contributed by atoms with Gasteiger partial charge in [-0.05, 0) is 11.4 Å². The van der Waals surface area contributed by atoms with Crippen LogP contribution in [-0.2, 0) is 13.6 Å². The summed E-state index contributed by atoms with van der Waals surface area (Å²) >= 11 is 1.65. The van der Waals surface area contributed by atoms with Crippen molar-refractivity contribution in [2.24, 2.45) is 7.05 Å². The third-order valence-corrected chi connectivity index (χ3v) is 2.90. The molecule has 0 atom stereocenters. The highest BCUT2D eigenvalue weighted by Gasteiger charge is 2.01. The maximum absolute atomic E-state index is 11.6. The van der Waals surface area contributed by atoms with Crippen LogP contribution in [0.3, 0.4) is 0 Å². The third kappa shape index (κ3) is 2.24. The van der Waals surface area contributed by atoms with Crippen molar-refractivity contribution < 1.29 is 0 Å². The highest BCUT2D eigenvalue weighted by atomic mass is 32.1. The second kappa shape index (κ2) is 4.27. The molecule has 4 nitrogen and oxygen atoms in total. The fraction of sp³-hybridized carbons (Fsp3) is 0.200. The van der Waals surface area contributed by atoms with Crippen molar-refractivity contribution in [2.75, 3.05) is 5.32 Å². The first kappa shape index (κ1) is 9.92. The Bertz CT molecular complexity index is 490. The molecule has 2 rings (SSSR count). The van der Waals surface area contributed by atoms with Gasteiger partial charge in [0.1, 0.15) is 0 Å². The molecule has 78 valence electrons. The van der Waals surface area contributed by atoms with Gasteiger partial charge in [-0.15, -0.1) is 11.3 Å². The molecule has 0 unspecified atom stereocenters. The first-order valence-corrected chi connectivity index (χ1v) is 5.43. The molecule has 0 fully saturated rings. The molecule has 0 radical (unpaired) electrons. The minimum Gasteiger partial charge on any atom is -0.361 e. The minimum absolute atomic E-state index is 0.103. The van der Waals surface area contributed by atoms with Gasteiger partial charge in [-0.25, -0.2) is 4.98 Å². The number of hydrogen-bond acceptors (Lipinski definition) is 4. The van der Waals surface area contributed by atoms with E-state index in [4.69, 9.17) is 0 Å². The Morgan fingerprint density at radius 3 is 3.20 bits per heavy atom. The van der Waals surface area contributed by atoms with Gasteiger partial charge in [0.05, 0.1) is 6.54 Å². The second-order valence-corrected chi connectivity index (χ2v) is 4.16. The SMILES string of the molecule is Cn1ccnc(NCc2cccs2)c1=O. The van der Waals surface area contributed by atoms with Crippen molar-refractivity contribution in [1.82, 2.24) is 9.55 Å². The summed E-state index contributed by atoms with van der Waals surface area (Å²) in [4.78, 5) is 16.8. The van der Waals surface area contributed by atoms with Crippen LogP contribution in [0, 0.1) is 0 Å². The van der Waals surface area contributed by atoms with Crippen LogP contribution in [0.5, 0.6) is 0 Å². The smallest absolute Gasteiger partial charge is 0.293 e. The summed E-state index contributed by atoms with van der Waals surface area (Å²) in [5, 5.41) is 5.03. The average molecular weight is 221 g/mol. The van der Waals surface area contributed by atoms with Gasteiger partial charge in [0.2, 0.25) is 0 Å². The molecule has 0 saturated carbocycles. The van der Waals surface area contributed by atoms with Gasteiger partial charge < -0.3 is 9.88 Å². The number of hydrogen-bond donors (Lipinski definition) is 1. The number of aryl methyl sites for hydroxylation is 1. The van der Waals surface area contributed by atoms with Gasteiger partial charge in [0.15, 0.2) is 5.82 Å². The molecule has 5 heteroatoms. The maximum Gasteiger partial charge on any atom is 0.293 e. The summed E-state index contributed by atoms with van der Waals surface area (Å²) in [5.74, 6) is 0.397. The van der Waals surface area contributed by atoms with E-state index in [0.29, 0.717) is 12.4 Å². The van der Waals surface area contributed by atoms with Gasteiger partial charge in [0.25, 0.3) is 5.56 Å². The molecule has 0 bridgehead atoms. The van der Waals surface area contributed by atoms with Gasteiger partial charge in [-0.2, -0.15) is 0 Å². The van der Waals surface area contributed by atoms with E-state index in [1.54, 1.807) is 30.8 Å². The number of nitrogens with zero attached hydrogens (tertiary/aromatic N) is 2. The summed E-state index contributed by atoms with van der Waals surface area (Å²) in [5.41, 5.74) is -0.103. The van der Waals surface area contributed by atoms with Crippen molar-refractivity contribution in [3.05, 3.63) is 45.1 Å². The lowest BCUT2D eigenvalue weighted by atomic mass is 10.4. The Morgan fingerprint density at radius 1 is 1.60 bits per heavy atom. The number of rotatable bonds is 3. The van der Waals surface area contributed by atoms with Crippen molar-refractivity contribution in [3.63, 3.8) is 0 Å². The van der Waals surface area contributed by atoms with Crippen LogP contribution in [0.4, 0.5) is 5.82 Å².